The van der Waals surface area contributed by atoms with Crippen LogP contribution in [0.5, 0.6) is 0 Å². The van der Waals surface area contributed by atoms with Crippen LogP contribution in [0.25, 0.3) is 0 Å². The number of hydrogen-bond donors (Lipinski definition) is 2. The van der Waals surface area contributed by atoms with E-state index >= 15 is 0 Å². The Bertz CT molecular complexity index is 375. The van der Waals surface area contributed by atoms with Gasteiger partial charge in [0.1, 0.15) is 17.5 Å². The number of rotatable bonds is 9. The van der Waals surface area contributed by atoms with Crippen LogP contribution < -0.4 is 16.2 Å². The average Bonchev–Trinajstić information content (AvgIpc) is 2.42. The largest absolute Gasteiger partial charge is 0.385 e. The van der Waals surface area contributed by atoms with Crippen molar-refractivity contribution in [3.8, 4) is 0 Å². The lowest BCUT2D eigenvalue weighted by atomic mass is 10.3. The average molecular weight is 269 g/mol. The number of nitrogens with two attached hydrogens (primary N) is 1. The van der Waals surface area contributed by atoms with Crippen molar-refractivity contribution in [2.45, 2.75) is 13.3 Å². The molecule has 0 amide bonds. The first kappa shape index (κ1) is 15.6. The molecule has 7 nitrogen and oxygen atoms in total. The first-order valence-corrected chi connectivity index (χ1v) is 6.26. The Kier molecular flexibility index (Phi) is 7.09. The molecule has 0 spiro atoms. The molecule has 0 saturated heterocycles. The summed E-state index contributed by atoms with van der Waals surface area (Å²) in [6, 6.07) is 1.83. The molecule has 0 bridgehead atoms. The van der Waals surface area contributed by atoms with Gasteiger partial charge in [-0.05, 0) is 13.3 Å². The summed E-state index contributed by atoms with van der Waals surface area (Å²) < 4.78 is 10.2. The number of nitrogens with one attached hydrogen (secondary N) is 1. The lowest BCUT2D eigenvalue weighted by molar-refractivity contribution is 0.191. The molecule has 0 radical (unpaired) electrons. The Morgan fingerprint density at radius 3 is 2.58 bits per heavy atom. The number of nitrogens with zero attached hydrogens (tertiary/aromatic N) is 3. The number of ether oxygens (including phenoxy) is 2. The number of aryl methyl sites for hydroxylation is 1. The third kappa shape index (κ3) is 5.37. The molecule has 1 aromatic rings. The molecule has 1 heterocycles. The van der Waals surface area contributed by atoms with E-state index in [2.05, 4.69) is 20.3 Å². The van der Waals surface area contributed by atoms with Crippen LogP contribution in [0.3, 0.4) is 0 Å². The van der Waals surface area contributed by atoms with E-state index in [0.29, 0.717) is 18.2 Å². The number of methoxy groups -OCH3 is 2. The van der Waals surface area contributed by atoms with Gasteiger partial charge in [0.2, 0.25) is 0 Å². The van der Waals surface area contributed by atoms with Gasteiger partial charge in [0.25, 0.3) is 0 Å². The predicted octanol–water partition coefficient (Wildman–Crippen LogP) is 0.560. The van der Waals surface area contributed by atoms with Gasteiger partial charge in [-0.3, -0.25) is 0 Å². The van der Waals surface area contributed by atoms with Gasteiger partial charge in [0.15, 0.2) is 0 Å². The van der Waals surface area contributed by atoms with Gasteiger partial charge in [-0.1, -0.05) is 0 Å². The van der Waals surface area contributed by atoms with Crippen LogP contribution in [0.2, 0.25) is 0 Å². The summed E-state index contributed by atoms with van der Waals surface area (Å²) in [6.07, 6.45) is 0.925. The van der Waals surface area contributed by atoms with Gasteiger partial charge in [-0.2, -0.15) is 0 Å². The fourth-order valence-corrected chi connectivity index (χ4v) is 1.73. The fraction of sp³-hybridized carbons (Fsp3) is 0.667. The topological polar surface area (TPSA) is 85.5 Å². The van der Waals surface area contributed by atoms with E-state index in [9.17, 15) is 0 Å². The van der Waals surface area contributed by atoms with Gasteiger partial charge >= 0.3 is 0 Å². The van der Waals surface area contributed by atoms with Crippen molar-refractivity contribution in [3.05, 3.63) is 11.9 Å². The van der Waals surface area contributed by atoms with Crippen LogP contribution in [-0.4, -0.2) is 50.5 Å². The number of nitrogen functional groups attached to an aromatic ring is 1. The van der Waals surface area contributed by atoms with E-state index in [4.69, 9.17) is 15.3 Å². The summed E-state index contributed by atoms with van der Waals surface area (Å²) >= 11 is 0. The summed E-state index contributed by atoms with van der Waals surface area (Å²) in [7, 11) is 3.39. The second-order valence-electron chi connectivity index (χ2n) is 4.13. The van der Waals surface area contributed by atoms with E-state index in [-0.39, 0.29) is 0 Å². The van der Waals surface area contributed by atoms with Crippen molar-refractivity contribution in [3.63, 3.8) is 0 Å². The summed E-state index contributed by atoms with van der Waals surface area (Å²) in [5, 5.41) is 0. The number of hydrazine groups is 1. The zero-order valence-corrected chi connectivity index (χ0v) is 11.8. The summed E-state index contributed by atoms with van der Waals surface area (Å²) in [5.74, 6) is 7.54. The van der Waals surface area contributed by atoms with Gasteiger partial charge in [-0.15, -0.1) is 0 Å². The molecular weight excluding hydrogens is 246 g/mol. The van der Waals surface area contributed by atoms with Crippen LogP contribution in [0.15, 0.2) is 6.07 Å². The maximum Gasteiger partial charge on any atom is 0.145 e. The standard InChI is InChI=1S/C12H23N5O2/c1-10-14-11(16-13)9-12(15-10)17(6-8-19-3)5-4-7-18-2/h9H,4-8,13H2,1-3H3,(H,14,15,16). The molecule has 0 aliphatic rings. The molecule has 0 fully saturated rings. The Labute approximate surface area is 114 Å². The number of hydrogen-bond acceptors (Lipinski definition) is 7. The second kappa shape index (κ2) is 8.63. The highest BCUT2D eigenvalue weighted by atomic mass is 16.5. The smallest absolute Gasteiger partial charge is 0.145 e. The quantitative estimate of drug-likeness (QED) is 0.385. The van der Waals surface area contributed by atoms with Crippen molar-refractivity contribution in [1.82, 2.24) is 9.97 Å². The molecule has 19 heavy (non-hydrogen) atoms. The molecule has 1 aromatic heterocycles. The molecular formula is C12H23N5O2. The molecule has 108 valence electrons. The van der Waals surface area contributed by atoms with E-state index in [1.165, 1.54) is 0 Å². The van der Waals surface area contributed by atoms with Crippen LogP contribution >= 0.6 is 0 Å². The minimum Gasteiger partial charge on any atom is -0.385 e. The molecule has 7 heteroatoms. The molecule has 1 rings (SSSR count). The third-order valence-corrected chi connectivity index (χ3v) is 2.64. The normalized spacial score (nSPS) is 10.5. The summed E-state index contributed by atoms with van der Waals surface area (Å²) in [5.41, 5.74) is 2.55. The van der Waals surface area contributed by atoms with Gasteiger partial charge in [0.05, 0.1) is 6.61 Å². The molecule has 3 N–H and O–H groups in total. The Morgan fingerprint density at radius 2 is 1.95 bits per heavy atom. The van der Waals surface area contributed by atoms with E-state index in [0.717, 1.165) is 31.9 Å². The SMILES string of the molecule is COCCCN(CCOC)c1cc(NN)nc(C)n1. The van der Waals surface area contributed by atoms with Crippen molar-refractivity contribution in [2.24, 2.45) is 5.84 Å². The number of aromatic nitrogens is 2. The molecule has 0 aliphatic carbocycles. The maximum absolute atomic E-state index is 5.41. The highest BCUT2D eigenvalue weighted by Gasteiger charge is 2.10. The zero-order valence-electron chi connectivity index (χ0n) is 11.8. The second-order valence-corrected chi connectivity index (χ2v) is 4.13. The van der Waals surface area contributed by atoms with Crippen molar-refractivity contribution < 1.29 is 9.47 Å². The third-order valence-electron chi connectivity index (χ3n) is 2.64. The van der Waals surface area contributed by atoms with Crippen LogP contribution in [0, 0.1) is 6.92 Å². The summed E-state index contributed by atoms with van der Waals surface area (Å²) in [6.45, 7) is 4.81. The van der Waals surface area contributed by atoms with E-state index < -0.39 is 0 Å². The van der Waals surface area contributed by atoms with Crippen LogP contribution in [-0.2, 0) is 9.47 Å². The van der Waals surface area contributed by atoms with E-state index in [1.807, 2.05) is 13.0 Å². The molecule has 0 saturated carbocycles. The minimum absolute atomic E-state index is 0.608. The Morgan fingerprint density at radius 1 is 1.21 bits per heavy atom. The Balaban J connectivity index is 2.79. The Hall–Kier alpha value is -1.44. The maximum atomic E-state index is 5.41. The van der Waals surface area contributed by atoms with Crippen LogP contribution in [0.4, 0.5) is 11.6 Å². The van der Waals surface area contributed by atoms with E-state index in [1.54, 1.807) is 14.2 Å². The lowest BCUT2D eigenvalue weighted by Gasteiger charge is -2.24. The highest BCUT2D eigenvalue weighted by molar-refractivity contribution is 5.48. The monoisotopic (exact) mass is 269 g/mol. The molecule has 0 aromatic carbocycles. The molecule has 0 atom stereocenters. The van der Waals surface area contributed by atoms with Crippen molar-refractivity contribution in [2.75, 3.05) is 50.8 Å². The molecule has 0 aliphatic heterocycles. The van der Waals surface area contributed by atoms with Crippen molar-refractivity contribution in [1.29, 1.82) is 0 Å². The van der Waals surface area contributed by atoms with Gasteiger partial charge in [-0.25, -0.2) is 15.8 Å². The molecule has 0 unspecified atom stereocenters. The van der Waals surface area contributed by atoms with Crippen molar-refractivity contribution >= 4 is 11.6 Å². The van der Waals surface area contributed by atoms with Crippen LogP contribution in [0.1, 0.15) is 12.2 Å². The first-order valence-electron chi connectivity index (χ1n) is 6.26. The predicted molar refractivity (Wildman–Crippen MR) is 75.2 cm³/mol. The fourth-order valence-electron chi connectivity index (χ4n) is 1.73. The minimum atomic E-state index is 0.608. The highest BCUT2D eigenvalue weighted by Crippen LogP contribution is 2.15. The summed E-state index contributed by atoms with van der Waals surface area (Å²) in [4.78, 5) is 10.8. The van der Waals surface area contributed by atoms with Gasteiger partial charge in [0, 0.05) is 40.0 Å². The van der Waals surface area contributed by atoms with Gasteiger partial charge < -0.3 is 19.8 Å². The first-order chi connectivity index (χ1) is 9.21. The lowest BCUT2D eigenvalue weighted by Crippen LogP contribution is -2.30. The number of anilines is 2. The zero-order chi connectivity index (χ0) is 14.1.